The first-order valence-electron chi connectivity index (χ1n) is 8.60. The Morgan fingerprint density at radius 1 is 1.18 bits per heavy atom. The van der Waals surface area contributed by atoms with E-state index in [1.807, 2.05) is 0 Å². The van der Waals surface area contributed by atoms with E-state index >= 15 is 0 Å². The van der Waals surface area contributed by atoms with Gasteiger partial charge >= 0.3 is 5.97 Å². The average Bonchev–Trinajstić information content (AvgIpc) is 2.45. The Kier molecular flexibility index (Phi) is 3.48. The van der Waals surface area contributed by atoms with Crippen LogP contribution in [0.3, 0.4) is 0 Å². The fourth-order valence-electron chi connectivity index (χ4n) is 5.54. The summed E-state index contributed by atoms with van der Waals surface area (Å²) in [5, 5.41) is 3.81. The Labute approximate surface area is 132 Å². The highest BCUT2D eigenvalue weighted by atomic mass is 16.6. The molecule has 0 heterocycles. The van der Waals surface area contributed by atoms with Crippen LogP contribution in [0.25, 0.3) is 0 Å². The maximum absolute atomic E-state index is 11.5. The lowest BCUT2D eigenvalue weighted by atomic mass is 9.52. The van der Waals surface area contributed by atoms with E-state index in [0.29, 0.717) is 17.9 Å². The summed E-state index contributed by atoms with van der Waals surface area (Å²) in [5.74, 6) is 2.02. The molecule has 22 heavy (non-hydrogen) atoms. The summed E-state index contributed by atoms with van der Waals surface area (Å²) < 4.78 is 5.79. The van der Waals surface area contributed by atoms with Crippen molar-refractivity contribution in [3.63, 3.8) is 0 Å². The molecule has 4 fully saturated rings. The number of benzene rings is 1. The van der Waals surface area contributed by atoms with Crippen molar-refractivity contribution in [3.8, 4) is 0 Å². The summed E-state index contributed by atoms with van der Waals surface area (Å²) in [6, 6.07) is 11.2. The molecule has 2 atom stereocenters. The van der Waals surface area contributed by atoms with Crippen molar-refractivity contribution >= 4 is 5.97 Å². The second kappa shape index (κ2) is 5.38. The van der Waals surface area contributed by atoms with Crippen molar-refractivity contribution in [2.24, 2.45) is 17.8 Å². The maximum Gasteiger partial charge on any atom is 0.303 e. The van der Waals surface area contributed by atoms with Crippen molar-refractivity contribution < 1.29 is 9.53 Å². The number of hydrogen-bond acceptors (Lipinski definition) is 3. The second-order valence-electron chi connectivity index (χ2n) is 7.64. The van der Waals surface area contributed by atoms with E-state index in [9.17, 15) is 4.79 Å². The molecule has 4 bridgehead atoms. The molecule has 0 amide bonds. The third kappa shape index (κ3) is 2.56. The van der Waals surface area contributed by atoms with Crippen LogP contribution >= 0.6 is 0 Å². The molecule has 0 radical (unpaired) electrons. The summed E-state index contributed by atoms with van der Waals surface area (Å²) in [5.41, 5.74) is 1.22. The highest BCUT2D eigenvalue weighted by Crippen LogP contribution is 2.57. The lowest BCUT2D eigenvalue weighted by molar-refractivity contribution is -0.188. The van der Waals surface area contributed by atoms with Gasteiger partial charge in [0, 0.05) is 19.5 Å². The Balaban J connectivity index is 1.45. The van der Waals surface area contributed by atoms with Crippen LogP contribution in [0.15, 0.2) is 30.3 Å². The lowest BCUT2D eigenvalue weighted by Gasteiger charge is -2.59. The van der Waals surface area contributed by atoms with Gasteiger partial charge in [-0.25, -0.2) is 0 Å². The third-order valence-corrected chi connectivity index (χ3v) is 5.96. The summed E-state index contributed by atoms with van der Waals surface area (Å²) >= 11 is 0. The summed E-state index contributed by atoms with van der Waals surface area (Å²) in [6.45, 7) is 2.51. The second-order valence-corrected chi connectivity index (χ2v) is 7.64. The zero-order valence-electron chi connectivity index (χ0n) is 13.3. The van der Waals surface area contributed by atoms with Crippen LogP contribution < -0.4 is 5.32 Å². The van der Waals surface area contributed by atoms with Gasteiger partial charge in [0.05, 0.1) is 0 Å². The molecule has 3 nitrogen and oxygen atoms in total. The van der Waals surface area contributed by atoms with E-state index in [4.69, 9.17) is 4.74 Å². The summed E-state index contributed by atoms with van der Waals surface area (Å²) in [7, 11) is 0. The third-order valence-electron chi connectivity index (χ3n) is 5.96. The predicted molar refractivity (Wildman–Crippen MR) is 85.1 cm³/mol. The normalized spacial score (nSPS) is 39.0. The van der Waals surface area contributed by atoms with E-state index in [1.54, 1.807) is 6.92 Å². The SMILES string of the molecule is CC(=O)OC12CC3CC(C1)C(NCc1ccccc1)C(C3)C2. The zero-order chi connectivity index (χ0) is 15.2. The predicted octanol–water partition coefficient (Wildman–Crippen LogP) is 3.29. The number of rotatable bonds is 4. The molecule has 0 aromatic heterocycles. The molecule has 4 aliphatic rings. The molecule has 118 valence electrons. The Morgan fingerprint density at radius 2 is 1.86 bits per heavy atom. The van der Waals surface area contributed by atoms with E-state index in [-0.39, 0.29) is 11.6 Å². The molecule has 1 aromatic rings. The number of esters is 1. The van der Waals surface area contributed by atoms with Crippen LogP contribution in [-0.4, -0.2) is 17.6 Å². The van der Waals surface area contributed by atoms with Crippen LogP contribution in [-0.2, 0) is 16.1 Å². The zero-order valence-corrected chi connectivity index (χ0v) is 13.3. The van der Waals surface area contributed by atoms with Crippen LogP contribution in [0.4, 0.5) is 0 Å². The van der Waals surface area contributed by atoms with Crippen molar-refractivity contribution in [2.75, 3.05) is 0 Å². The van der Waals surface area contributed by atoms with E-state index < -0.39 is 0 Å². The average molecular weight is 299 g/mol. The first kappa shape index (κ1) is 14.3. The van der Waals surface area contributed by atoms with Crippen LogP contribution in [0.5, 0.6) is 0 Å². The molecule has 0 aliphatic heterocycles. The van der Waals surface area contributed by atoms with Crippen molar-refractivity contribution in [1.82, 2.24) is 5.32 Å². The molecule has 0 spiro atoms. The van der Waals surface area contributed by atoms with Gasteiger partial charge in [-0.1, -0.05) is 30.3 Å². The first-order valence-corrected chi connectivity index (χ1v) is 8.60. The standard InChI is InChI=1S/C19H25NO2/c1-13(21)22-19-9-15-7-16(10-19)18(17(8-15)11-19)20-12-14-5-3-2-4-6-14/h2-6,15-18,20H,7-12H2,1H3. The maximum atomic E-state index is 11.5. The topological polar surface area (TPSA) is 38.3 Å². The van der Waals surface area contributed by atoms with Gasteiger partial charge < -0.3 is 10.1 Å². The number of carbonyl (C=O) groups is 1. The summed E-state index contributed by atoms with van der Waals surface area (Å²) in [4.78, 5) is 11.5. The number of ether oxygens (including phenoxy) is 1. The van der Waals surface area contributed by atoms with Crippen molar-refractivity contribution in [3.05, 3.63) is 35.9 Å². The molecule has 5 rings (SSSR count). The van der Waals surface area contributed by atoms with E-state index in [2.05, 4.69) is 35.6 Å². The Morgan fingerprint density at radius 3 is 2.50 bits per heavy atom. The highest BCUT2D eigenvalue weighted by molar-refractivity contribution is 5.66. The van der Waals surface area contributed by atoms with Gasteiger partial charge in [-0.3, -0.25) is 4.79 Å². The van der Waals surface area contributed by atoms with Crippen LogP contribution in [0, 0.1) is 17.8 Å². The first-order chi connectivity index (χ1) is 10.6. The molecule has 1 N–H and O–H groups in total. The van der Waals surface area contributed by atoms with Gasteiger partial charge in [-0.05, 0) is 55.4 Å². The van der Waals surface area contributed by atoms with Gasteiger partial charge in [-0.2, -0.15) is 0 Å². The monoisotopic (exact) mass is 299 g/mol. The van der Waals surface area contributed by atoms with Crippen molar-refractivity contribution in [2.45, 2.75) is 57.2 Å². The molecule has 4 aliphatic carbocycles. The van der Waals surface area contributed by atoms with Crippen LogP contribution in [0.1, 0.15) is 44.6 Å². The Bertz CT molecular complexity index is 540. The number of hydrogen-bond donors (Lipinski definition) is 1. The van der Waals surface area contributed by atoms with Gasteiger partial charge in [0.2, 0.25) is 0 Å². The minimum atomic E-state index is -0.132. The number of carbonyl (C=O) groups excluding carboxylic acids is 1. The van der Waals surface area contributed by atoms with E-state index in [1.165, 1.54) is 18.4 Å². The minimum Gasteiger partial charge on any atom is -0.459 e. The molecular formula is C19H25NO2. The summed E-state index contributed by atoms with van der Waals surface area (Å²) in [6.07, 6.45) is 5.85. The molecule has 3 heteroatoms. The van der Waals surface area contributed by atoms with Gasteiger partial charge in [0.1, 0.15) is 5.60 Å². The fourth-order valence-corrected chi connectivity index (χ4v) is 5.54. The quantitative estimate of drug-likeness (QED) is 0.867. The molecule has 4 saturated carbocycles. The van der Waals surface area contributed by atoms with Gasteiger partial charge in [0.25, 0.3) is 0 Å². The fraction of sp³-hybridized carbons (Fsp3) is 0.632. The number of nitrogens with one attached hydrogen (secondary N) is 1. The molecule has 2 unspecified atom stereocenters. The molecule has 1 aromatic carbocycles. The Hall–Kier alpha value is -1.35. The smallest absolute Gasteiger partial charge is 0.303 e. The van der Waals surface area contributed by atoms with E-state index in [0.717, 1.165) is 31.7 Å². The largest absolute Gasteiger partial charge is 0.459 e. The van der Waals surface area contributed by atoms with Gasteiger partial charge in [-0.15, -0.1) is 0 Å². The molecular weight excluding hydrogens is 274 g/mol. The van der Waals surface area contributed by atoms with Crippen molar-refractivity contribution in [1.29, 1.82) is 0 Å². The van der Waals surface area contributed by atoms with Gasteiger partial charge in [0.15, 0.2) is 0 Å². The minimum absolute atomic E-state index is 0.101. The molecule has 0 saturated heterocycles. The van der Waals surface area contributed by atoms with Crippen LogP contribution in [0.2, 0.25) is 0 Å². The highest BCUT2D eigenvalue weighted by Gasteiger charge is 2.56. The lowest BCUT2D eigenvalue weighted by Crippen LogP contribution is -2.61.